The van der Waals surface area contributed by atoms with Gasteiger partial charge in [-0.05, 0) is 37.9 Å². The maximum atomic E-state index is 12.2. The summed E-state index contributed by atoms with van der Waals surface area (Å²) in [6.07, 6.45) is 2.39. The average molecular weight is 281 g/mol. The van der Waals surface area contributed by atoms with Crippen LogP contribution in [0.1, 0.15) is 17.7 Å². The predicted molar refractivity (Wildman–Crippen MR) is 79.3 cm³/mol. The van der Waals surface area contributed by atoms with Gasteiger partial charge in [-0.15, -0.1) is 11.3 Å². The fourth-order valence-corrected chi connectivity index (χ4v) is 3.23. The van der Waals surface area contributed by atoms with Gasteiger partial charge < -0.3 is 10.2 Å². The first-order chi connectivity index (χ1) is 9.19. The summed E-state index contributed by atoms with van der Waals surface area (Å²) in [7, 11) is 3.89. The van der Waals surface area contributed by atoms with E-state index in [4.69, 9.17) is 0 Å². The predicted octanol–water partition coefficient (Wildman–Crippen LogP) is 1.39. The zero-order valence-electron chi connectivity index (χ0n) is 11.8. The zero-order valence-corrected chi connectivity index (χ0v) is 12.6. The van der Waals surface area contributed by atoms with Crippen LogP contribution < -0.4 is 5.32 Å². The van der Waals surface area contributed by atoms with E-state index in [1.54, 1.807) is 11.3 Å². The SMILES string of the molecule is CNC1CCCN(CC(=O)N(C)Cc2cccs2)C1. The van der Waals surface area contributed by atoms with E-state index in [1.807, 2.05) is 25.1 Å². The first-order valence-electron chi connectivity index (χ1n) is 6.85. The van der Waals surface area contributed by atoms with Gasteiger partial charge in [0.05, 0.1) is 13.1 Å². The van der Waals surface area contributed by atoms with Crippen LogP contribution in [0.15, 0.2) is 17.5 Å². The van der Waals surface area contributed by atoms with Crippen molar-refractivity contribution in [1.82, 2.24) is 15.1 Å². The molecule has 1 atom stereocenters. The van der Waals surface area contributed by atoms with Crippen LogP contribution in [0.5, 0.6) is 0 Å². The molecule has 0 saturated carbocycles. The Bertz CT molecular complexity index is 393. The fraction of sp³-hybridized carbons (Fsp3) is 0.643. The molecule has 1 unspecified atom stereocenters. The van der Waals surface area contributed by atoms with E-state index in [0.29, 0.717) is 12.6 Å². The molecular weight excluding hydrogens is 258 g/mol. The van der Waals surface area contributed by atoms with Crippen LogP contribution >= 0.6 is 11.3 Å². The lowest BCUT2D eigenvalue weighted by Crippen LogP contribution is -2.48. The highest BCUT2D eigenvalue weighted by atomic mass is 32.1. The third-order valence-electron chi connectivity index (χ3n) is 3.67. The number of hydrogen-bond acceptors (Lipinski definition) is 4. The largest absolute Gasteiger partial charge is 0.340 e. The average Bonchev–Trinajstić information content (AvgIpc) is 2.91. The molecule has 5 heteroatoms. The van der Waals surface area contributed by atoms with Crippen molar-refractivity contribution < 1.29 is 4.79 Å². The van der Waals surface area contributed by atoms with Crippen molar-refractivity contribution in [3.8, 4) is 0 Å². The highest BCUT2D eigenvalue weighted by Gasteiger charge is 2.21. The van der Waals surface area contributed by atoms with E-state index in [0.717, 1.165) is 19.6 Å². The van der Waals surface area contributed by atoms with Gasteiger partial charge in [0, 0.05) is 24.5 Å². The number of amides is 1. The van der Waals surface area contributed by atoms with Crippen molar-refractivity contribution in [3.05, 3.63) is 22.4 Å². The number of rotatable bonds is 5. The monoisotopic (exact) mass is 281 g/mol. The van der Waals surface area contributed by atoms with Crippen LogP contribution in [-0.2, 0) is 11.3 Å². The molecule has 1 fully saturated rings. The van der Waals surface area contributed by atoms with Crippen LogP contribution in [0, 0.1) is 0 Å². The molecule has 0 aromatic carbocycles. The van der Waals surface area contributed by atoms with E-state index in [2.05, 4.69) is 21.7 Å². The van der Waals surface area contributed by atoms with E-state index in [1.165, 1.54) is 17.7 Å². The quantitative estimate of drug-likeness (QED) is 0.886. The molecule has 1 aliphatic rings. The third kappa shape index (κ3) is 4.30. The van der Waals surface area contributed by atoms with Gasteiger partial charge in [-0.1, -0.05) is 6.07 Å². The second-order valence-corrected chi connectivity index (χ2v) is 6.22. The Morgan fingerprint density at radius 3 is 3.16 bits per heavy atom. The first kappa shape index (κ1) is 14.5. The second-order valence-electron chi connectivity index (χ2n) is 5.19. The summed E-state index contributed by atoms with van der Waals surface area (Å²) in [6, 6.07) is 4.64. The summed E-state index contributed by atoms with van der Waals surface area (Å²) in [5.74, 6) is 0.213. The lowest BCUT2D eigenvalue weighted by atomic mass is 10.1. The van der Waals surface area contributed by atoms with Crippen LogP contribution in [-0.4, -0.2) is 55.5 Å². The molecule has 0 radical (unpaired) electrons. The van der Waals surface area contributed by atoms with E-state index < -0.39 is 0 Å². The molecule has 106 valence electrons. The first-order valence-corrected chi connectivity index (χ1v) is 7.73. The minimum Gasteiger partial charge on any atom is -0.340 e. The van der Waals surface area contributed by atoms with Crippen LogP contribution in [0.2, 0.25) is 0 Å². The molecule has 1 N–H and O–H groups in total. The van der Waals surface area contributed by atoms with Crippen molar-refractivity contribution >= 4 is 17.2 Å². The van der Waals surface area contributed by atoms with E-state index in [-0.39, 0.29) is 5.91 Å². The molecule has 1 amide bonds. The number of hydrogen-bond donors (Lipinski definition) is 1. The van der Waals surface area contributed by atoms with Gasteiger partial charge >= 0.3 is 0 Å². The van der Waals surface area contributed by atoms with Gasteiger partial charge in [0.1, 0.15) is 0 Å². The lowest BCUT2D eigenvalue weighted by Gasteiger charge is -2.33. The summed E-state index contributed by atoms with van der Waals surface area (Å²) < 4.78 is 0. The molecule has 1 aromatic rings. The van der Waals surface area contributed by atoms with E-state index >= 15 is 0 Å². The number of piperidine rings is 1. The van der Waals surface area contributed by atoms with Crippen molar-refractivity contribution in [2.75, 3.05) is 33.7 Å². The number of carbonyl (C=O) groups excluding carboxylic acids is 1. The number of likely N-dealkylation sites (tertiary alicyclic amines) is 1. The molecule has 1 aliphatic heterocycles. The molecule has 0 spiro atoms. The Morgan fingerprint density at radius 2 is 2.47 bits per heavy atom. The third-order valence-corrected chi connectivity index (χ3v) is 4.53. The maximum absolute atomic E-state index is 12.2. The Kier molecular flexibility index (Phi) is 5.36. The number of likely N-dealkylation sites (N-methyl/N-ethyl adjacent to an activating group) is 2. The Labute approximate surface area is 119 Å². The minimum atomic E-state index is 0.213. The number of nitrogens with one attached hydrogen (secondary N) is 1. The summed E-state index contributed by atoms with van der Waals surface area (Å²) in [6.45, 7) is 3.28. The molecule has 2 rings (SSSR count). The van der Waals surface area contributed by atoms with Gasteiger partial charge in [-0.25, -0.2) is 0 Å². The van der Waals surface area contributed by atoms with Crippen LogP contribution in [0.25, 0.3) is 0 Å². The van der Waals surface area contributed by atoms with Crippen LogP contribution in [0.4, 0.5) is 0 Å². The van der Waals surface area contributed by atoms with Crippen molar-refractivity contribution in [3.63, 3.8) is 0 Å². The minimum absolute atomic E-state index is 0.213. The van der Waals surface area contributed by atoms with Crippen molar-refractivity contribution in [2.24, 2.45) is 0 Å². The van der Waals surface area contributed by atoms with E-state index in [9.17, 15) is 4.79 Å². The molecular formula is C14H23N3OS. The van der Waals surface area contributed by atoms with Gasteiger partial charge in [0.2, 0.25) is 5.91 Å². The number of thiophene rings is 1. The second kappa shape index (κ2) is 7.03. The van der Waals surface area contributed by atoms with Crippen molar-refractivity contribution in [1.29, 1.82) is 0 Å². The molecule has 2 heterocycles. The van der Waals surface area contributed by atoms with Gasteiger partial charge in [-0.2, -0.15) is 0 Å². The van der Waals surface area contributed by atoms with Gasteiger partial charge in [0.15, 0.2) is 0 Å². The Balaban J connectivity index is 1.79. The molecule has 4 nitrogen and oxygen atoms in total. The molecule has 19 heavy (non-hydrogen) atoms. The van der Waals surface area contributed by atoms with Gasteiger partial charge in [0.25, 0.3) is 0 Å². The standard InChI is InChI=1S/C14H23N3OS/c1-15-12-5-3-7-17(9-12)11-14(18)16(2)10-13-6-4-8-19-13/h4,6,8,12,15H,3,5,7,9-11H2,1-2H3. The molecule has 1 aromatic heterocycles. The Hall–Kier alpha value is -0.910. The normalized spacial score (nSPS) is 20.4. The number of carbonyl (C=O) groups is 1. The fourth-order valence-electron chi connectivity index (χ4n) is 2.47. The highest BCUT2D eigenvalue weighted by Crippen LogP contribution is 2.12. The summed E-state index contributed by atoms with van der Waals surface area (Å²) in [5, 5.41) is 5.36. The lowest BCUT2D eigenvalue weighted by molar-refractivity contribution is -0.131. The van der Waals surface area contributed by atoms with Crippen molar-refractivity contribution in [2.45, 2.75) is 25.4 Å². The number of nitrogens with zero attached hydrogens (tertiary/aromatic N) is 2. The van der Waals surface area contributed by atoms with Crippen LogP contribution in [0.3, 0.4) is 0 Å². The highest BCUT2D eigenvalue weighted by molar-refractivity contribution is 7.09. The molecule has 1 saturated heterocycles. The summed E-state index contributed by atoms with van der Waals surface area (Å²) >= 11 is 1.70. The zero-order chi connectivity index (χ0) is 13.7. The maximum Gasteiger partial charge on any atom is 0.236 e. The Morgan fingerprint density at radius 1 is 1.63 bits per heavy atom. The van der Waals surface area contributed by atoms with Gasteiger partial charge in [-0.3, -0.25) is 9.69 Å². The molecule has 0 bridgehead atoms. The summed E-state index contributed by atoms with van der Waals surface area (Å²) in [5.41, 5.74) is 0. The molecule has 0 aliphatic carbocycles. The summed E-state index contributed by atoms with van der Waals surface area (Å²) in [4.78, 5) is 17.5. The smallest absolute Gasteiger partial charge is 0.236 e. The topological polar surface area (TPSA) is 35.6 Å².